The number of hydrogen-bond acceptors (Lipinski definition) is 3. The molecule has 1 rings (SSSR count). The number of thioether (sulfide) groups is 1. The molecule has 100 valence electrons. The van der Waals surface area contributed by atoms with Crippen LogP contribution in [0.4, 0.5) is 4.39 Å². The lowest BCUT2D eigenvalue weighted by Crippen LogP contribution is -2.40. The van der Waals surface area contributed by atoms with Gasteiger partial charge in [0.1, 0.15) is 5.82 Å². The number of benzene rings is 1. The molecule has 1 atom stereocenters. The number of halogens is 2. The number of nitrogens with one attached hydrogen (secondary N) is 1. The van der Waals surface area contributed by atoms with E-state index in [0.717, 1.165) is 10.2 Å². The second-order valence-electron chi connectivity index (χ2n) is 3.84. The average Bonchev–Trinajstić information content (AvgIpc) is 2.36. The van der Waals surface area contributed by atoms with Crippen molar-refractivity contribution in [3.63, 3.8) is 0 Å². The Kier molecular flexibility index (Phi) is 6.67. The summed E-state index contributed by atoms with van der Waals surface area (Å²) in [5.74, 6) is 0.312. The van der Waals surface area contributed by atoms with Gasteiger partial charge in [-0.1, -0.05) is 15.9 Å². The first-order chi connectivity index (χ1) is 8.54. The van der Waals surface area contributed by atoms with Crippen molar-refractivity contribution < 1.29 is 9.18 Å². The molecule has 18 heavy (non-hydrogen) atoms. The van der Waals surface area contributed by atoms with E-state index in [9.17, 15) is 9.18 Å². The molecule has 1 aromatic carbocycles. The highest BCUT2D eigenvalue weighted by molar-refractivity contribution is 9.10. The van der Waals surface area contributed by atoms with Crippen molar-refractivity contribution in [2.75, 3.05) is 12.0 Å². The SMILES string of the molecule is CSCC[C@H](N)C(=O)NCc1cc(F)ccc1Br. The Morgan fingerprint density at radius 1 is 1.61 bits per heavy atom. The molecule has 6 heteroatoms. The number of rotatable bonds is 6. The van der Waals surface area contributed by atoms with Gasteiger partial charge in [-0.05, 0) is 42.2 Å². The number of carbonyl (C=O) groups is 1. The first-order valence-corrected chi connectivity index (χ1v) is 7.69. The van der Waals surface area contributed by atoms with Crippen molar-refractivity contribution in [3.8, 4) is 0 Å². The maximum Gasteiger partial charge on any atom is 0.237 e. The van der Waals surface area contributed by atoms with Crippen molar-refractivity contribution in [2.45, 2.75) is 19.0 Å². The standard InChI is InChI=1S/C12H16BrFN2OS/c1-18-5-4-11(15)12(17)16-7-8-6-9(14)2-3-10(8)13/h2-3,6,11H,4-5,7,15H2,1H3,(H,16,17)/t11-/m0/s1. The molecule has 0 aliphatic rings. The lowest BCUT2D eigenvalue weighted by atomic mass is 10.2. The van der Waals surface area contributed by atoms with Crippen molar-refractivity contribution in [1.82, 2.24) is 5.32 Å². The number of carbonyl (C=O) groups excluding carboxylic acids is 1. The third-order valence-corrected chi connectivity index (χ3v) is 3.85. The fourth-order valence-electron chi connectivity index (χ4n) is 1.37. The van der Waals surface area contributed by atoms with Gasteiger partial charge >= 0.3 is 0 Å². The maximum atomic E-state index is 13.0. The summed E-state index contributed by atoms with van der Waals surface area (Å²) in [5.41, 5.74) is 6.42. The molecule has 3 N–H and O–H groups in total. The molecule has 0 aliphatic heterocycles. The van der Waals surface area contributed by atoms with Crippen molar-refractivity contribution in [2.24, 2.45) is 5.73 Å². The van der Waals surface area contributed by atoms with Gasteiger partial charge in [-0.15, -0.1) is 0 Å². The van der Waals surface area contributed by atoms with E-state index in [-0.39, 0.29) is 18.3 Å². The van der Waals surface area contributed by atoms with Crippen molar-refractivity contribution >= 4 is 33.6 Å². The van der Waals surface area contributed by atoms with E-state index in [0.29, 0.717) is 12.0 Å². The van der Waals surface area contributed by atoms with E-state index in [2.05, 4.69) is 21.2 Å². The monoisotopic (exact) mass is 334 g/mol. The van der Waals surface area contributed by atoms with Crippen LogP contribution < -0.4 is 11.1 Å². The highest BCUT2D eigenvalue weighted by atomic mass is 79.9. The molecule has 0 unspecified atom stereocenters. The van der Waals surface area contributed by atoms with Gasteiger partial charge in [0.2, 0.25) is 5.91 Å². The minimum Gasteiger partial charge on any atom is -0.351 e. The Hall–Kier alpha value is -0.590. The van der Waals surface area contributed by atoms with E-state index in [1.807, 2.05) is 6.26 Å². The van der Waals surface area contributed by atoms with Crippen LogP contribution in [0.1, 0.15) is 12.0 Å². The third-order valence-electron chi connectivity index (χ3n) is 2.43. The number of amides is 1. The van der Waals surface area contributed by atoms with Crippen LogP contribution in [-0.4, -0.2) is 24.0 Å². The van der Waals surface area contributed by atoms with Gasteiger partial charge in [0.05, 0.1) is 6.04 Å². The summed E-state index contributed by atoms with van der Waals surface area (Å²) in [4.78, 5) is 11.7. The lowest BCUT2D eigenvalue weighted by molar-refractivity contribution is -0.122. The summed E-state index contributed by atoms with van der Waals surface area (Å²) in [6, 6.07) is 3.85. The van der Waals surface area contributed by atoms with Crippen molar-refractivity contribution in [1.29, 1.82) is 0 Å². The summed E-state index contributed by atoms with van der Waals surface area (Å²) in [7, 11) is 0. The molecular weight excluding hydrogens is 319 g/mol. The minimum atomic E-state index is -0.509. The van der Waals surface area contributed by atoms with E-state index >= 15 is 0 Å². The van der Waals surface area contributed by atoms with Crippen LogP contribution in [0.15, 0.2) is 22.7 Å². The molecule has 0 fully saturated rings. The molecule has 1 amide bonds. The molecule has 1 aromatic rings. The van der Waals surface area contributed by atoms with Crippen LogP contribution in [0.25, 0.3) is 0 Å². The van der Waals surface area contributed by atoms with Crippen LogP contribution in [-0.2, 0) is 11.3 Å². The summed E-state index contributed by atoms with van der Waals surface area (Å²) in [5, 5.41) is 2.71. The van der Waals surface area contributed by atoms with Gasteiger partial charge < -0.3 is 11.1 Å². The summed E-state index contributed by atoms with van der Waals surface area (Å²) in [6.45, 7) is 0.268. The van der Waals surface area contributed by atoms with Crippen LogP contribution >= 0.6 is 27.7 Å². The van der Waals surface area contributed by atoms with Crippen LogP contribution in [0.2, 0.25) is 0 Å². The molecule has 0 saturated heterocycles. The van der Waals surface area contributed by atoms with Gasteiger partial charge in [-0.2, -0.15) is 11.8 Å². The Morgan fingerprint density at radius 3 is 3.00 bits per heavy atom. The first kappa shape index (κ1) is 15.5. The molecule has 0 saturated carbocycles. The minimum absolute atomic E-state index is 0.208. The average molecular weight is 335 g/mol. The quantitative estimate of drug-likeness (QED) is 0.839. The molecule has 0 heterocycles. The van der Waals surface area contributed by atoms with E-state index in [1.54, 1.807) is 17.8 Å². The second kappa shape index (κ2) is 7.76. The van der Waals surface area contributed by atoms with Gasteiger partial charge in [0.15, 0.2) is 0 Å². The first-order valence-electron chi connectivity index (χ1n) is 5.50. The Labute approximate surface area is 119 Å². The predicted molar refractivity (Wildman–Crippen MR) is 76.9 cm³/mol. The highest BCUT2D eigenvalue weighted by Gasteiger charge is 2.13. The third kappa shape index (κ3) is 4.96. The summed E-state index contributed by atoms with van der Waals surface area (Å²) in [6.07, 6.45) is 2.60. The fraction of sp³-hybridized carbons (Fsp3) is 0.417. The molecule has 0 bridgehead atoms. The van der Waals surface area contributed by atoms with Gasteiger partial charge in [0, 0.05) is 11.0 Å². The van der Waals surface area contributed by atoms with Gasteiger partial charge in [-0.3, -0.25) is 4.79 Å². The topological polar surface area (TPSA) is 55.1 Å². The van der Waals surface area contributed by atoms with Crippen LogP contribution in [0.5, 0.6) is 0 Å². The van der Waals surface area contributed by atoms with E-state index in [4.69, 9.17) is 5.73 Å². The fourth-order valence-corrected chi connectivity index (χ4v) is 2.24. The zero-order chi connectivity index (χ0) is 13.5. The zero-order valence-electron chi connectivity index (χ0n) is 10.1. The Bertz CT molecular complexity index is 417. The van der Waals surface area contributed by atoms with E-state index < -0.39 is 6.04 Å². The van der Waals surface area contributed by atoms with E-state index in [1.165, 1.54) is 12.1 Å². The van der Waals surface area contributed by atoms with Gasteiger partial charge in [0.25, 0.3) is 0 Å². The Morgan fingerprint density at radius 2 is 2.33 bits per heavy atom. The lowest BCUT2D eigenvalue weighted by Gasteiger charge is -2.12. The number of nitrogens with two attached hydrogens (primary N) is 1. The summed E-state index contributed by atoms with van der Waals surface area (Å²) >= 11 is 4.96. The molecular formula is C12H16BrFN2OS. The Balaban J connectivity index is 2.49. The second-order valence-corrected chi connectivity index (χ2v) is 5.68. The predicted octanol–water partition coefficient (Wildman–Crippen LogP) is 2.28. The molecule has 0 aliphatic carbocycles. The normalized spacial score (nSPS) is 12.2. The summed E-state index contributed by atoms with van der Waals surface area (Å²) < 4.78 is 13.8. The molecule has 0 spiro atoms. The smallest absolute Gasteiger partial charge is 0.237 e. The highest BCUT2D eigenvalue weighted by Crippen LogP contribution is 2.17. The molecule has 3 nitrogen and oxygen atoms in total. The van der Waals surface area contributed by atoms with Crippen molar-refractivity contribution in [3.05, 3.63) is 34.1 Å². The van der Waals surface area contributed by atoms with Gasteiger partial charge in [-0.25, -0.2) is 4.39 Å². The van der Waals surface area contributed by atoms with Crippen LogP contribution in [0.3, 0.4) is 0 Å². The largest absolute Gasteiger partial charge is 0.351 e. The number of hydrogen-bond donors (Lipinski definition) is 2. The zero-order valence-corrected chi connectivity index (χ0v) is 12.5. The molecule has 0 radical (unpaired) electrons. The maximum absolute atomic E-state index is 13.0. The molecule has 0 aromatic heterocycles. The van der Waals surface area contributed by atoms with Crippen LogP contribution in [0, 0.1) is 5.82 Å².